The molecule has 0 saturated heterocycles. The van der Waals surface area contributed by atoms with E-state index in [0.29, 0.717) is 17.1 Å². The molecule has 1 heterocycles. The van der Waals surface area contributed by atoms with E-state index in [0.717, 1.165) is 0 Å². The number of hydrogen-bond donors (Lipinski definition) is 1. The SMILES string of the molecule is COc1ccc(-c2cc(N)n(C)n2)cc1[N+](=O)[O-]. The van der Waals surface area contributed by atoms with Gasteiger partial charge >= 0.3 is 5.69 Å². The Morgan fingerprint density at radius 1 is 1.44 bits per heavy atom. The number of nitrogen functional groups attached to an aromatic ring is 1. The zero-order valence-corrected chi connectivity index (χ0v) is 9.95. The molecule has 1 aromatic heterocycles. The zero-order chi connectivity index (χ0) is 13.3. The third kappa shape index (κ3) is 1.97. The minimum absolute atomic E-state index is 0.0979. The average Bonchev–Trinajstić information content (AvgIpc) is 2.68. The van der Waals surface area contributed by atoms with Gasteiger partial charge in [-0.3, -0.25) is 14.8 Å². The number of ether oxygens (including phenoxy) is 1. The van der Waals surface area contributed by atoms with Crippen molar-refractivity contribution in [2.24, 2.45) is 7.05 Å². The quantitative estimate of drug-likeness (QED) is 0.657. The molecule has 2 N–H and O–H groups in total. The molecule has 94 valence electrons. The molecule has 0 aliphatic heterocycles. The molecule has 2 aromatic rings. The highest BCUT2D eigenvalue weighted by Gasteiger charge is 2.17. The monoisotopic (exact) mass is 248 g/mol. The van der Waals surface area contributed by atoms with Crippen molar-refractivity contribution in [1.29, 1.82) is 0 Å². The van der Waals surface area contributed by atoms with E-state index in [1.54, 1.807) is 25.2 Å². The van der Waals surface area contributed by atoms with Crippen LogP contribution in [0.2, 0.25) is 0 Å². The van der Waals surface area contributed by atoms with Gasteiger partial charge in [0.25, 0.3) is 0 Å². The Balaban J connectivity index is 2.53. The van der Waals surface area contributed by atoms with Gasteiger partial charge in [-0.1, -0.05) is 0 Å². The molecule has 0 atom stereocenters. The highest BCUT2D eigenvalue weighted by Crippen LogP contribution is 2.31. The summed E-state index contributed by atoms with van der Waals surface area (Å²) in [4.78, 5) is 10.4. The van der Waals surface area contributed by atoms with Crippen LogP contribution in [0.1, 0.15) is 0 Å². The van der Waals surface area contributed by atoms with E-state index in [4.69, 9.17) is 10.5 Å². The van der Waals surface area contributed by atoms with Gasteiger partial charge in [0.2, 0.25) is 0 Å². The molecular formula is C11H12N4O3. The summed E-state index contributed by atoms with van der Waals surface area (Å²) in [5.74, 6) is 0.705. The van der Waals surface area contributed by atoms with Gasteiger partial charge in [0.1, 0.15) is 5.82 Å². The maximum Gasteiger partial charge on any atom is 0.311 e. The third-order valence-electron chi connectivity index (χ3n) is 2.59. The highest BCUT2D eigenvalue weighted by atomic mass is 16.6. The van der Waals surface area contributed by atoms with Crippen molar-refractivity contribution in [1.82, 2.24) is 9.78 Å². The Hall–Kier alpha value is -2.57. The van der Waals surface area contributed by atoms with Crippen LogP contribution in [-0.2, 0) is 7.05 Å². The molecule has 0 spiro atoms. The first-order valence-electron chi connectivity index (χ1n) is 5.15. The number of aryl methyl sites for hydroxylation is 1. The summed E-state index contributed by atoms with van der Waals surface area (Å²) < 4.78 is 6.44. The van der Waals surface area contributed by atoms with Gasteiger partial charge in [0.05, 0.1) is 17.7 Å². The Kier molecular flexibility index (Phi) is 2.88. The van der Waals surface area contributed by atoms with Crippen LogP contribution in [0, 0.1) is 10.1 Å². The lowest BCUT2D eigenvalue weighted by molar-refractivity contribution is -0.385. The molecule has 0 bridgehead atoms. The van der Waals surface area contributed by atoms with E-state index >= 15 is 0 Å². The number of anilines is 1. The molecule has 0 unspecified atom stereocenters. The van der Waals surface area contributed by atoms with Crippen LogP contribution < -0.4 is 10.5 Å². The number of rotatable bonds is 3. The molecule has 2 rings (SSSR count). The molecule has 0 fully saturated rings. The predicted octanol–water partition coefficient (Wildman–Crippen LogP) is 1.59. The van der Waals surface area contributed by atoms with Crippen LogP contribution in [0.15, 0.2) is 24.3 Å². The Morgan fingerprint density at radius 3 is 2.67 bits per heavy atom. The maximum atomic E-state index is 10.9. The summed E-state index contributed by atoms with van der Waals surface area (Å²) in [6, 6.07) is 6.32. The molecule has 0 saturated carbocycles. The van der Waals surface area contributed by atoms with Crippen LogP contribution in [0.5, 0.6) is 5.75 Å². The van der Waals surface area contributed by atoms with Crippen molar-refractivity contribution in [3.63, 3.8) is 0 Å². The van der Waals surface area contributed by atoms with Crippen LogP contribution in [0.25, 0.3) is 11.3 Å². The minimum Gasteiger partial charge on any atom is -0.490 e. The molecule has 0 radical (unpaired) electrons. The van der Waals surface area contributed by atoms with Gasteiger partial charge in [-0.05, 0) is 12.1 Å². The second-order valence-corrected chi connectivity index (χ2v) is 3.72. The number of nitrogens with two attached hydrogens (primary N) is 1. The van der Waals surface area contributed by atoms with E-state index in [9.17, 15) is 10.1 Å². The van der Waals surface area contributed by atoms with E-state index in [1.165, 1.54) is 17.9 Å². The summed E-state index contributed by atoms with van der Waals surface area (Å²) in [5, 5.41) is 15.1. The highest BCUT2D eigenvalue weighted by molar-refractivity contribution is 5.67. The first-order chi connectivity index (χ1) is 8.52. The van der Waals surface area contributed by atoms with Gasteiger partial charge in [-0.15, -0.1) is 0 Å². The van der Waals surface area contributed by atoms with Gasteiger partial charge < -0.3 is 10.5 Å². The smallest absolute Gasteiger partial charge is 0.311 e. The Morgan fingerprint density at radius 2 is 2.17 bits per heavy atom. The number of aromatic nitrogens is 2. The molecule has 0 aliphatic rings. The summed E-state index contributed by atoms with van der Waals surface area (Å²) >= 11 is 0. The fraction of sp³-hybridized carbons (Fsp3) is 0.182. The molecular weight excluding hydrogens is 236 g/mol. The van der Waals surface area contributed by atoms with Crippen LogP contribution in [0.4, 0.5) is 11.5 Å². The lowest BCUT2D eigenvalue weighted by Gasteiger charge is -2.02. The van der Waals surface area contributed by atoms with Crippen LogP contribution in [-0.4, -0.2) is 21.8 Å². The standard InChI is InChI=1S/C11H12N4O3/c1-14-11(12)6-8(13-14)7-3-4-10(18-2)9(5-7)15(16)17/h3-6H,12H2,1-2H3. The fourth-order valence-electron chi connectivity index (χ4n) is 1.61. The van der Waals surface area contributed by atoms with Crippen LogP contribution in [0.3, 0.4) is 0 Å². The Bertz CT molecular complexity index is 587. The van der Waals surface area contributed by atoms with Crippen molar-refractivity contribution in [3.05, 3.63) is 34.4 Å². The summed E-state index contributed by atoms with van der Waals surface area (Å²) in [6.45, 7) is 0. The van der Waals surface area contributed by atoms with Gasteiger partial charge in [0.15, 0.2) is 5.75 Å². The summed E-state index contributed by atoms with van der Waals surface area (Å²) in [5.41, 5.74) is 6.78. The minimum atomic E-state index is -0.491. The zero-order valence-electron chi connectivity index (χ0n) is 9.95. The third-order valence-corrected chi connectivity index (χ3v) is 2.59. The number of nitro groups is 1. The van der Waals surface area contributed by atoms with Gasteiger partial charge in [-0.2, -0.15) is 5.10 Å². The summed E-state index contributed by atoms with van der Waals surface area (Å²) in [7, 11) is 3.09. The average molecular weight is 248 g/mol. The lowest BCUT2D eigenvalue weighted by atomic mass is 10.1. The number of methoxy groups -OCH3 is 1. The first-order valence-corrected chi connectivity index (χ1v) is 5.15. The maximum absolute atomic E-state index is 10.9. The topological polar surface area (TPSA) is 96.2 Å². The van der Waals surface area contributed by atoms with Crippen molar-refractivity contribution in [3.8, 4) is 17.0 Å². The largest absolute Gasteiger partial charge is 0.490 e. The van der Waals surface area contributed by atoms with E-state index in [-0.39, 0.29) is 11.4 Å². The molecule has 0 amide bonds. The Labute approximate surface area is 103 Å². The van der Waals surface area contributed by atoms with Gasteiger partial charge in [-0.25, -0.2) is 0 Å². The predicted molar refractivity (Wildman–Crippen MR) is 66.3 cm³/mol. The fourth-order valence-corrected chi connectivity index (χ4v) is 1.61. The van der Waals surface area contributed by atoms with E-state index < -0.39 is 4.92 Å². The number of nitrogens with zero attached hydrogens (tertiary/aromatic N) is 3. The van der Waals surface area contributed by atoms with E-state index in [1.807, 2.05) is 0 Å². The summed E-state index contributed by atoms with van der Waals surface area (Å²) in [6.07, 6.45) is 0. The molecule has 18 heavy (non-hydrogen) atoms. The molecule has 1 aromatic carbocycles. The normalized spacial score (nSPS) is 10.3. The number of benzene rings is 1. The number of hydrogen-bond acceptors (Lipinski definition) is 5. The van der Waals surface area contributed by atoms with Crippen molar-refractivity contribution in [2.45, 2.75) is 0 Å². The first kappa shape index (κ1) is 11.9. The van der Waals surface area contributed by atoms with E-state index in [2.05, 4.69) is 5.10 Å². The molecule has 7 nitrogen and oxygen atoms in total. The van der Waals surface area contributed by atoms with Gasteiger partial charge in [0, 0.05) is 24.7 Å². The lowest BCUT2D eigenvalue weighted by Crippen LogP contribution is -1.97. The number of nitro benzene ring substituents is 1. The van der Waals surface area contributed by atoms with Crippen molar-refractivity contribution in [2.75, 3.05) is 12.8 Å². The molecule has 0 aliphatic carbocycles. The molecule has 7 heteroatoms. The van der Waals surface area contributed by atoms with Crippen LogP contribution >= 0.6 is 0 Å². The second kappa shape index (κ2) is 4.36. The van der Waals surface area contributed by atoms with Crippen molar-refractivity contribution < 1.29 is 9.66 Å². The second-order valence-electron chi connectivity index (χ2n) is 3.72. The van der Waals surface area contributed by atoms with Crippen molar-refractivity contribution >= 4 is 11.5 Å².